The first-order valence-electron chi connectivity index (χ1n) is 7.33. The van der Waals surface area contributed by atoms with Crippen LogP contribution in [0.2, 0.25) is 0 Å². The second-order valence-corrected chi connectivity index (χ2v) is 4.88. The van der Waals surface area contributed by atoms with Crippen LogP contribution >= 0.6 is 0 Å². The fraction of sp³-hybridized carbons (Fsp3) is 0.111. The van der Waals surface area contributed by atoms with Gasteiger partial charge in [0.2, 0.25) is 0 Å². The molecule has 0 unspecified atom stereocenters. The van der Waals surface area contributed by atoms with Gasteiger partial charge in [-0.2, -0.15) is 0 Å². The van der Waals surface area contributed by atoms with E-state index in [1.165, 1.54) is 24.3 Å². The minimum atomic E-state index is -0.614. The van der Waals surface area contributed by atoms with Gasteiger partial charge in [0.05, 0.1) is 6.61 Å². The second kappa shape index (κ2) is 8.59. The van der Waals surface area contributed by atoms with Gasteiger partial charge in [0.1, 0.15) is 11.5 Å². The molecule has 0 aromatic heterocycles. The highest BCUT2D eigenvalue weighted by Crippen LogP contribution is 2.11. The molecule has 0 aliphatic carbocycles. The number of carbonyl (C=O) groups is 2. The Labute approximate surface area is 138 Å². The number of rotatable bonds is 6. The van der Waals surface area contributed by atoms with E-state index in [1.54, 1.807) is 36.4 Å². The third-order valence-electron chi connectivity index (χ3n) is 3.13. The summed E-state index contributed by atoms with van der Waals surface area (Å²) in [5.41, 5.74) is 0.425. The van der Waals surface area contributed by atoms with Crippen molar-refractivity contribution in [3.05, 3.63) is 77.2 Å². The van der Waals surface area contributed by atoms with Crippen molar-refractivity contribution in [2.24, 2.45) is 0 Å². The Kier molecular flexibility index (Phi) is 6.22. The van der Waals surface area contributed by atoms with Gasteiger partial charge >= 0.3 is 0 Å². The standard InChI is InChI=1S/C18H17FN2O3/c19-15-9-5-4-8-14(15)12-16(18(24)20-10-11-22)21-17(23)13-6-2-1-3-7-13/h1-9,12,22H,10-11H2,(H,20,24)(H,21,23). The van der Waals surface area contributed by atoms with Crippen LogP contribution in [0, 0.1) is 5.82 Å². The SMILES string of the molecule is O=C(NCCO)C(=Cc1ccccc1F)NC(=O)c1ccccc1. The maximum Gasteiger partial charge on any atom is 0.267 e. The van der Waals surface area contributed by atoms with Crippen molar-refractivity contribution >= 4 is 17.9 Å². The molecule has 124 valence electrons. The molecule has 0 saturated heterocycles. The smallest absolute Gasteiger partial charge is 0.267 e. The normalized spacial score (nSPS) is 11.0. The van der Waals surface area contributed by atoms with Crippen LogP contribution in [0.25, 0.3) is 6.08 Å². The molecule has 5 nitrogen and oxygen atoms in total. The van der Waals surface area contributed by atoms with Crippen molar-refractivity contribution in [2.45, 2.75) is 0 Å². The highest BCUT2D eigenvalue weighted by Gasteiger charge is 2.14. The average molecular weight is 328 g/mol. The van der Waals surface area contributed by atoms with E-state index >= 15 is 0 Å². The Hall–Kier alpha value is -2.99. The maximum atomic E-state index is 13.8. The zero-order valence-corrected chi connectivity index (χ0v) is 12.8. The number of halogens is 1. The molecule has 0 radical (unpaired) electrons. The first kappa shape index (κ1) is 17.4. The van der Waals surface area contributed by atoms with E-state index in [9.17, 15) is 14.0 Å². The molecule has 6 heteroatoms. The molecule has 24 heavy (non-hydrogen) atoms. The lowest BCUT2D eigenvalue weighted by Gasteiger charge is -2.11. The number of amides is 2. The van der Waals surface area contributed by atoms with Crippen LogP contribution in [0.1, 0.15) is 15.9 Å². The molecule has 2 rings (SSSR count). The van der Waals surface area contributed by atoms with Gasteiger partial charge in [0, 0.05) is 17.7 Å². The summed E-state index contributed by atoms with van der Waals surface area (Å²) < 4.78 is 13.8. The van der Waals surface area contributed by atoms with Gasteiger partial charge in [-0.3, -0.25) is 9.59 Å². The Morgan fingerprint density at radius 1 is 1.04 bits per heavy atom. The van der Waals surface area contributed by atoms with E-state index in [2.05, 4.69) is 10.6 Å². The van der Waals surface area contributed by atoms with Crippen LogP contribution in [0.5, 0.6) is 0 Å². The fourth-order valence-electron chi connectivity index (χ4n) is 1.95. The van der Waals surface area contributed by atoms with Crippen molar-refractivity contribution in [1.29, 1.82) is 0 Å². The molecule has 2 amide bonds. The van der Waals surface area contributed by atoms with Crippen molar-refractivity contribution in [3.63, 3.8) is 0 Å². The molecule has 0 aliphatic heterocycles. The minimum Gasteiger partial charge on any atom is -0.395 e. The fourth-order valence-corrected chi connectivity index (χ4v) is 1.95. The van der Waals surface area contributed by atoms with Crippen molar-refractivity contribution in [3.8, 4) is 0 Å². The lowest BCUT2D eigenvalue weighted by Crippen LogP contribution is -2.36. The molecular weight excluding hydrogens is 311 g/mol. The monoisotopic (exact) mass is 328 g/mol. The predicted molar refractivity (Wildman–Crippen MR) is 88.4 cm³/mol. The summed E-state index contributed by atoms with van der Waals surface area (Å²) in [4.78, 5) is 24.4. The van der Waals surface area contributed by atoms with Crippen molar-refractivity contribution in [2.75, 3.05) is 13.2 Å². The molecule has 0 heterocycles. The van der Waals surface area contributed by atoms with Crippen LogP contribution in [0.3, 0.4) is 0 Å². The lowest BCUT2D eigenvalue weighted by molar-refractivity contribution is -0.117. The first-order valence-corrected chi connectivity index (χ1v) is 7.33. The van der Waals surface area contributed by atoms with Crippen LogP contribution in [0.15, 0.2) is 60.3 Å². The van der Waals surface area contributed by atoms with Gasteiger partial charge in [0.15, 0.2) is 0 Å². The van der Waals surface area contributed by atoms with E-state index in [1.807, 2.05) is 0 Å². The van der Waals surface area contributed by atoms with E-state index in [0.29, 0.717) is 5.56 Å². The van der Waals surface area contributed by atoms with Gasteiger partial charge in [-0.25, -0.2) is 4.39 Å². The summed E-state index contributed by atoms with van der Waals surface area (Å²) in [7, 11) is 0. The summed E-state index contributed by atoms with van der Waals surface area (Å²) >= 11 is 0. The van der Waals surface area contributed by atoms with E-state index in [-0.39, 0.29) is 24.4 Å². The maximum absolute atomic E-state index is 13.8. The van der Waals surface area contributed by atoms with Crippen LogP contribution in [0.4, 0.5) is 4.39 Å². The first-order chi connectivity index (χ1) is 11.6. The predicted octanol–water partition coefficient (Wildman–Crippen LogP) is 1.71. The topological polar surface area (TPSA) is 78.4 Å². The van der Waals surface area contributed by atoms with Gasteiger partial charge in [-0.1, -0.05) is 36.4 Å². The number of benzene rings is 2. The van der Waals surface area contributed by atoms with Crippen LogP contribution in [-0.2, 0) is 4.79 Å². The number of hydrogen-bond acceptors (Lipinski definition) is 3. The third kappa shape index (κ3) is 4.76. The molecule has 0 fully saturated rings. The number of aliphatic hydroxyl groups excluding tert-OH is 1. The van der Waals surface area contributed by atoms with Gasteiger partial charge in [-0.15, -0.1) is 0 Å². The lowest BCUT2D eigenvalue weighted by atomic mass is 10.1. The van der Waals surface area contributed by atoms with Gasteiger partial charge in [-0.05, 0) is 24.3 Å². The average Bonchev–Trinajstić information content (AvgIpc) is 2.61. The van der Waals surface area contributed by atoms with E-state index < -0.39 is 17.6 Å². The van der Waals surface area contributed by atoms with Crippen molar-refractivity contribution in [1.82, 2.24) is 10.6 Å². The number of carbonyl (C=O) groups excluding carboxylic acids is 2. The number of hydrogen-bond donors (Lipinski definition) is 3. The summed E-state index contributed by atoms with van der Waals surface area (Å²) in [5.74, 6) is -1.62. The molecule has 0 spiro atoms. The molecule has 0 atom stereocenters. The molecule has 3 N–H and O–H groups in total. The Morgan fingerprint density at radius 2 is 1.71 bits per heavy atom. The van der Waals surface area contributed by atoms with Crippen LogP contribution in [-0.4, -0.2) is 30.1 Å². The largest absolute Gasteiger partial charge is 0.395 e. The Balaban J connectivity index is 2.28. The Morgan fingerprint density at radius 3 is 2.38 bits per heavy atom. The third-order valence-corrected chi connectivity index (χ3v) is 3.13. The Bertz CT molecular complexity index is 745. The summed E-state index contributed by atoms with van der Waals surface area (Å²) in [6.45, 7) is -0.222. The molecule has 2 aromatic carbocycles. The van der Waals surface area contributed by atoms with Crippen molar-refractivity contribution < 1.29 is 19.1 Å². The summed E-state index contributed by atoms with van der Waals surface area (Å²) in [5, 5.41) is 13.7. The zero-order valence-electron chi connectivity index (χ0n) is 12.8. The highest BCUT2D eigenvalue weighted by atomic mass is 19.1. The molecule has 0 bridgehead atoms. The van der Waals surface area contributed by atoms with Gasteiger partial charge < -0.3 is 15.7 Å². The van der Waals surface area contributed by atoms with E-state index in [4.69, 9.17) is 5.11 Å². The van der Waals surface area contributed by atoms with Gasteiger partial charge in [0.25, 0.3) is 11.8 Å². The summed E-state index contributed by atoms with van der Waals surface area (Å²) in [6, 6.07) is 14.3. The second-order valence-electron chi connectivity index (χ2n) is 4.88. The highest BCUT2D eigenvalue weighted by molar-refractivity contribution is 6.05. The molecule has 0 aliphatic rings. The number of aliphatic hydroxyl groups is 1. The molecule has 0 saturated carbocycles. The molecular formula is C18H17FN2O3. The quantitative estimate of drug-likeness (QED) is 0.706. The zero-order chi connectivity index (χ0) is 17.4. The molecule has 2 aromatic rings. The van der Waals surface area contributed by atoms with Crippen LogP contribution < -0.4 is 10.6 Å². The summed E-state index contributed by atoms with van der Waals surface area (Å²) in [6.07, 6.45) is 1.25. The number of nitrogens with one attached hydrogen (secondary N) is 2. The van der Waals surface area contributed by atoms with E-state index in [0.717, 1.165) is 0 Å². The minimum absolute atomic E-state index is 0.0225.